The number of esters is 1. The van der Waals surface area contributed by atoms with E-state index in [0.717, 1.165) is 16.9 Å². The molecule has 1 unspecified atom stereocenters. The first-order valence-corrected chi connectivity index (χ1v) is 7.80. The molecule has 0 aromatic heterocycles. The number of rotatable bonds is 5. The highest BCUT2D eigenvalue weighted by molar-refractivity contribution is 5.72. The summed E-state index contributed by atoms with van der Waals surface area (Å²) in [7, 11) is 1.64. The lowest BCUT2D eigenvalue weighted by molar-refractivity contribution is -0.155. The molecule has 122 valence electrons. The van der Waals surface area contributed by atoms with Gasteiger partial charge in [-0.05, 0) is 44.0 Å². The molecule has 1 atom stereocenters. The quantitative estimate of drug-likeness (QED) is 0.759. The van der Waals surface area contributed by atoms with Crippen molar-refractivity contribution in [3.63, 3.8) is 0 Å². The summed E-state index contributed by atoms with van der Waals surface area (Å²) in [5.41, 5.74) is 1.65. The van der Waals surface area contributed by atoms with Gasteiger partial charge in [0, 0.05) is 5.92 Å². The van der Waals surface area contributed by atoms with Gasteiger partial charge in [-0.1, -0.05) is 42.5 Å². The van der Waals surface area contributed by atoms with E-state index in [1.807, 2.05) is 75.4 Å². The molecule has 0 saturated carbocycles. The van der Waals surface area contributed by atoms with Gasteiger partial charge in [0.05, 0.1) is 13.5 Å². The smallest absolute Gasteiger partial charge is 0.307 e. The maximum atomic E-state index is 12.3. The largest absolute Gasteiger partial charge is 0.497 e. The minimum atomic E-state index is -0.479. The molecule has 3 nitrogen and oxygen atoms in total. The molecular formula is C20H24O3. The van der Waals surface area contributed by atoms with E-state index in [0.29, 0.717) is 6.42 Å². The van der Waals surface area contributed by atoms with Crippen LogP contribution in [0.1, 0.15) is 44.2 Å². The topological polar surface area (TPSA) is 35.5 Å². The molecule has 0 spiro atoms. The van der Waals surface area contributed by atoms with Crippen molar-refractivity contribution < 1.29 is 14.3 Å². The van der Waals surface area contributed by atoms with Crippen molar-refractivity contribution in [3.05, 3.63) is 65.7 Å². The van der Waals surface area contributed by atoms with E-state index in [2.05, 4.69) is 0 Å². The Morgan fingerprint density at radius 1 is 1.00 bits per heavy atom. The molecule has 0 fully saturated rings. The van der Waals surface area contributed by atoms with Crippen LogP contribution in [0, 0.1) is 0 Å². The molecule has 2 rings (SSSR count). The van der Waals surface area contributed by atoms with Crippen molar-refractivity contribution in [1.82, 2.24) is 0 Å². The van der Waals surface area contributed by atoms with Crippen LogP contribution in [0.4, 0.5) is 0 Å². The van der Waals surface area contributed by atoms with E-state index in [9.17, 15) is 4.79 Å². The summed E-state index contributed by atoms with van der Waals surface area (Å²) >= 11 is 0. The Bertz CT molecular complexity index is 641. The van der Waals surface area contributed by atoms with E-state index in [4.69, 9.17) is 9.47 Å². The third kappa shape index (κ3) is 5.13. The van der Waals surface area contributed by atoms with Crippen LogP contribution in [0.25, 0.3) is 0 Å². The molecule has 23 heavy (non-hydrogen) atoms. The van der Waals surface area contributed by atoms with Crippen LogP contribution in [-0.4, -0.2) is 18.7 Å². The van der Waals surface area contributed by atoms with Crippen molar-refractivity contribution in [1.29, 1.82) is 0 Å². The van der Waals surface area contributed by atoms with Crippen molar-refractivity contribution in [3.8, 4) is 5.75 Å². The van der Waals surface area contributed by atoms with Crippen molar-refractivity contribution in [2.24, 2.45) is 0 Å². The summed E-state index contributed by atoms with van der Waals surface area (Å²) in [6.07, 6.45) is 0.300. The van der Waals surface area contributed by atoms with Gasteiger partial charge in [-0.3, -0.25) is 4.79 Å². The number of carbonyl (C=O) groups excluding carboxylic acids is 1. The molecule has 0 heterocycles. The third-order valence-electron chi connectivity index (χ3n) is 3.49. The fourth-order valence-corrected chi connectivity index (χ4v) is 2.52. The van der Waals surface area contributed by atoms with Crippen LogP contribution >= 0.6 is 0 Å². The SMILES string of the molecule is COc1cccc(C(CC(=O)OC(C)(C)C)c2ccccc2)c1. The fourth-order valence-electron chi connectivity index (χ4n) is 2.52. The standard InChI is InChI=1S/C20H24O3/c1-20(2,3)23-19(21)14-18(15-9-6-5-7-10-15)16-11-8-12-17(13-16)22-4/h5-13,18H,14H2,1-4H3. The second-order valence-electron chi connectivity index (χ2n) is 6.53. The minimum absolute atomic E-state index is 0.0545. The van der Waals surface area contributed by atoms with E-state index in [-0.39, 0.29) is 11.9 Å². The van der Waals surface area contributed by atoms with Crippen LogP contribution < -0.4 is 4.74 Å². The van der Waals surface area contributed by atoms with Gasteiger partial charge in [0.15, 0.2) is 0 Å². The molecule has 0 N–H and O–H groups in total. The predicted octanol–water partition coefficient (Wildman–Crippen LogP) is 4.56. The summed E-state index contributed by atoms with van der Waals surface area (Å²) in [4.78, 5) is 12.3. The highest BCUT2D eigenvalue weighted by atomic mass is 16.6. The highest BCUT2D eigenvalue weighted by Gasteiger charge is 2.23. The Balaban J connectivity index is 2.31. The Hall–Kier alpha value is -2.29. The monoisotopic (exact) mass is 312 g/mol. The first-order chi connectivity index (χ1) is 10.9. The Kier molecular flexibility index (Phi) is 5.43. The molecule has 3 heteroatoms. The first kappa shape index (κ1) is 17.1. The van der Waals surface area contributed by atoms with Crippen LogP contribution in [0.3, 0.4) is 0 Å². The van der Waals surface area contributed by atoms with Gasteiger partial charge >= 0.3 is 5.97 Å². The zero-order valence-electron chi connectivity index (χ0n) is 14.2. The van der Waals surface area contributed by atoms with Gasteiger partial charge in [-0.25, -0.2) is 0 Å². The molecule has 0 bridgehead atoms. The molecule has 0 amide bonds. The van der Waals surface area contributed by atoms with Gasteiger partial charge in [0.25, 0.3) is 0 Å². The van der Waals surface area contributed by atoms with Crippen LogP contribution in [0.5, 0.6) is 5.75 Å². The second-order valence-corrected chi connectivity index (χ2v) is 6.53. The molecule has 0 aliphatic rings. The predicted molar refractivity (Wildman–Crippen MR) is 91.7 cm³/mol. The number of methoxy groups -OCH3 is 1. The van der Waals surface area contributed by atoms with Gasteiger partial charge < -0.3 is 9.47 Å². The highest BCUT2D eigenvalue weighted by Crippen LogP contribution is 2.31. The minimum Gasteiger partial charge on any atom is -0.497 e. The van der Waals surface area contributed by atoms with E-state index >= 15 is 0 Å². The molecule has 0 aliphatic carbocycles. The van der Waals surface area contributed by atoms with E-state index in [1.54, 1.807) is 7.11 Å². The maximum absolute atomic E-state index is 12.3. The van der Waals surface area contributed by atoms with Gasteiger partial charge in [-0.15, -0.1) is 0 Å². The molecule has 2 aromatic rings. The van der Waals surface area contributed by atoms with Crippen molar-refractivity contribution in [2.75, 3.05) is 7.11 Å². The van der Waals surface area contributed by atoms with Gasteiger partial charge in [0.2, 0.25) is 0 Å². The summed E-state index contributed by atoms with van der Waals surface area (Å²) in [5, 5.41) is 0. The number of carbonyl (C=O) groups is 1. The third-order valence-corrected chi connectivity index (χ3v) is 3.49. The molecule has 2 aromatic carbocycles. The maximum Gasteiger partial charge on any atom is 0.307 e. The molecule has 0 saturated heterocycles. The van der Waals surface area contributed by atoms with Crippen LogP contribution in [0.15, 0.2) is 54.6 Å². The van der Waals surface area contributed by atoms with Crippen LogP contribution in [0.2, 0.25) is 0 Å². The summed E-state index contributed by atoms with van der Waals surface area (Å²) in [6, 6.07) is 17.8. The number of hydrogen-bond donors (Lipinski definition) is 0. The molecule has 0 radical (unpaired) electrons. The number of ether oxygens (including phenoxy) is 2. The summed E-state index contributed by atoms with van der Waals surface area (Å²) in [6.45, 7) is 5.65. The summed E-state index contributed by atoms with van der Waals surface area (Å²) in [5.74, 6) is 0.531. The summed E-state index contributed by atoms with van der Waals surface area (Å²) < 4.78 is 10.8. The van der Waals surface area contributed by atoms with Crippen molar-refractivity contribution in [2.45, 2.75) is 38.7 Å². The van der Waals surface area contributed by atoms with Gasteiger partial charge in [0.1, 0.15) is 11.4 Å². The Labute approximate surface area is 138 Å². The molecular weight excluding hydrogens is 288 g/mol. The van der Waals surface area contributed by atoms with Crippen LogP contribution in [-0.2, 0) is 9.53 Å². The zero-order valence-corrected chi connectivity index (χ0v) is 14.2. The lowest BCUT2D eigenvalue weighted by Gasteiger charge is -2.23. The number of benzene rings is 2. The average Bonchev–Trinajstić information content (AvgIpc) is 2.52. The Morgan fingerprint density at radius 2 is 1.65 bits per heavy atom. The number of hydrogen-bond acceptors (Lipinski definition) is 3. The normalized spacial score (nSPS) is 12.5. The lowest BCUT2D eigenvalue weighted by atomic mass is 9.88. The average molecular weight is 312 g/mol. The van der Waals surface area contributed by atoms with Crippen molar-refractivity contribution >= 4 is 5.97 Å². The zero-order chi connectivity index (χ0) is 16.9. The first-order valence-electron chi connectivity index (χ1n) is 7.80. The van der Waals surface area contributed by atoms with Gasteiger partial charge in [-0.2, -0.15) is 0 Å². The second kappa shape index (κ2) is 7.32. The lowest BCUT2D eigenvalue weighted by Crippen LogP contribution is -2.25. The van der Waals surface area contributed by atoms with E-state index in [1.165, 1.54) is 0 Å². The fraction of sp³-hybridized carbons (Fsp3) is 0.350. The molecule has 0 aliphatic heterocycles. The van der Waals surface area contributed by atoms with E-state index < -0.39 is 5.60 Å². The Morgan fingerprint density at radius 3 is 2.26 bits per heavy atom.